The van der Waals surface area contributed by atoms with Crippen molar-refractivity contribution in [1.82, 2.24) is 4.98 Å². The Morgan fingerprint density at radius 3 is 2.28 bits per heavy atom. The van der Waals surface area contributed by atoms with Gasteiger partial charge in [0.05, 0.1) is 24.5 Å². The van der Waals surface area contributed by atoms with E-state index in [1.807, 2.05) is 66.8 Å². The second kappa shape index (κ2) is 22.4. The van der Waals surface area contributed by atoms with Crippen LogP contribution in [0.1, 0.15) is 132 Å². The molecule has 0 aromatic carbocycles. The van der Waals surface area contributed by atoms with E-state index in [0.717, 1.165) is 56.2 Å². The zero-order valence-corrected chi connectivity index (χ0v) is 28.1. The number of aromatic nitrogens is 1. The summed E-state index contributed by atoms with van der Waals surface area (Å²) >= 11 is 1.45. The van der Waals surface area contributed by atoms with Crippen molar-refractivity contribution < 1.29 is 19.7 Å². The first kappa shape index (κ1) is 39.8. The fourth-order valence-electron chi connectivity index (χ4n) is 4.55. The van der Waals surface area contributed by atoms with Crippen molar-refractivity contribution in [2.45, 2.75) is 140 Å². The molecular formula is C33H61NO4S. The number of ketones is 1. The number of nitrogens with zero attached hydrogens (tertiary/aromatic N) is 1. The highest BCUT2D eigenvalue weighted by Crippen LogP contribution is 2.31. The standard InChI is InChI=1S/C29H49NO4S.2C2H6/c1-9-10-16-29(6,7)28(33)23(5)27(32)21(3)13-11-12-20(2)14-15-25(34-8)22(4)17-24-19-35-26(18-31)30-24;2*1-2/h14,17,19,21,23,25,27,31-32H,9-13,15-16,18H2,1-8H3;2*1-2H3/b20-14-,22-17+;;. The number of aliphatic hydroxyl groups is 2. The van der Waals surface area contributed by atoms with Gasteiger partial charge in [0, 0.05) is 23.8 Å². The predicted octanol–water partition coefficient (Wildman–Crippen LogP) is 9.03. The second-order valence-corrected chi connectivity index (χ2v) is 11.7. The summed E-state index contributed by atoms with van der Waals surface area (Å²) in [5, 5.41) is 22.7. The predicted molar refractivity (Wildman–Crippen MR) is 170 cm³/mol. The molecule has 2 N–H and O–H groups in total. The van der Waals surface area contributed by atoms with E-state index in [0.29, 0.717) is 5.01 Å². The van der Waals surface area contributed by atoms with Gasteiger partial charge in [0.15, 0.2) is 0 Å². The van der Waals surface area contributed by atoms with Crippen LogP contribution in [0, 0.1) is 17.3 Å². The Kier molecular flexibility index (Phi) is 22.8. The summed E-state index contributed by atoms with van der Waals surface area (Å²) in [7, 11) is 1.72. The second-order valence-electron chi connectivity index (χ2n) is 10.7. The quantitative estimate of drug-likeness (QED) is 0.184. The number of carbonyl (C=O) groups is 1. The Balaban J connectivity index is 0. The third-order valence-electron chi connectivity index (χ3n) is 7.11. The highest BCUT2D eigenvalue weighted by Gasteiger charge is 2.35. The number of rotatable bonds is 17. The molecule has 1 heterocycles. The molecule has 4 atom stereocenters. The van der Waals surface area contributed by atoms with Gasteiger partial charge >= 0.3 is 0 Å². The van der Waals surface area contributed by atoms with Gasteiger partial charge in [-0.2, -0.15) is 0 Å². The van der Waals surface area contributed by atoms with Crippen molar-refractivity contribution in [3.05, 3.63) is 33.3 Å². The number of Topliss-reactive ketones (excluding diaryl/α,β-unsaturated/α-hetero) is 1. The molecule has 39 heavy (non-hydrogen) atoms. The molecule has 0 bridgehead atoms. The van der Waals surface area contributed by atoms with Gasteiger partial charge < -0.3 is 14.9 Å². The van der Waals surface area contributed by atoms with Crippen molar-refractivity contribution in [3.8, 4) is 0 Å². The molecule has 1 aromatic rings. The van der Waals surface area contributed by atoms with Crippen LogP contribution in [0.25, 0.3) is 6.08 Å². The normalized spacial score (nSPS) is 15.3. The fraction of sp³-hybridized carbons (Fsp3) is 0.758. The van der Waals surface area contributed by atoms with Crippen LogP contribution in [0.15, 0.2) is 22.6 Å². The number of hydrogen-bond donors (Lipinski definition) is 2. The lowest BCUT2D eigenvalue weighted by atomic mass is 9.74. The zero-order chi connectivity index (χ0) is 30.6. The minimum Gasteiger partial charge on any atom is -0.392 e. The van der Waals surface area contributed by atoms with Crippen LogP contribution >= 0.6 is 11.3 Å². The van der Waals surface area contributed by atoms with Gasteiger partial charge in [-0.15, -0.1) is 11.3 Å². The fourth-order valence-corrected chi connectivity index (χ4v) is 5.16. The summed E-state index contributed by atoms with van der Waals surface area (Å²) in [6.45, 7) is 22.3. The molecule has 4 unspecified atom stereocenters. The lowest BCUT2D eigenvalue weighted by Crippen LogP contribution is -2.38. The van der Waals surface area contributed by atoms with Crippen molar-refractivity contribution in [2.24, 2.45) is 17.3 Å². The zero-order valence-electron chi connectivity index (χ0n) is 27.3. The molecule has 0 saturated heterocycles. The molecule has 1 rings (SSSR count). The van der Waals surface area contributed by atoms with Gasteiger partial charge in [0.1, 0.15) is 10.8 Å². The Hall–Kier alpha value is -1.34. The molecule has 0 spiro atoms. The average molecular weight is 568 g/mol. The maximum Gasteiger partial charge on any atom is 0.143 e. The van der Waals surface area contributed by atoms with Gasteiger partial charge in [-0.05, 0) is 63.5 Å². The smallest absolute Gasteiger partial charge is 0.143 e. The number of aliphatic hydroxyl groups excluding tert-OH is 2. The number of carbonyl (C=O) groups excluding carboxylic acids is 1. The summed E-state index contributed by atoms with van der Waals surface area (Å²) in [6.07, 6.45) is 10.2. The molecule has 0 fully saturated rings. The summed E-state index contributed by atoms with van der Waals surface area (Å²) in [5.41, 5.74) is 2.89. The number of thiazole rings is 1. The molecule has 6 heteroatoms. The van der Waals surface area contributed by atoms with Crippen LogP contribution in [-0.4, -0.2) is 40.3 Å². The van der Waals surface area contributed by atoms with Crippen LogP contribution in [0.5, 0.6) is 0 Å². The summed E-state index contributed by atoms with van der Waals surface area (Å²) in [6, 6.07) is 0. The van der Waals surface area contributed by atoms with E-state index in [4.69, 9.17) is 4.74 Å². The molecule has 0 aliphatic rings. The molecule has 0 amide bonds. The third kappa shape index (κ3) is 15.3. The van der Waals surface area contributed by atoms with Gasteiger partial charge in [-0.1, -0.05) is 86.8 Å². The van der Waals surface area contributed by atoms with E-state index < -0.39 is 6.10 Å². The first-order chi connectivity index (χ1) is 18.5. The van der Waals surface area contributed by atoms with Crippen molar-refractivity contribution >= 4 is 23.2 Å². The monoisotopic (exact) mass is 567 g/mol. The van der Waals surface area contributed by atoms with E-state index in [1.54, 1.807) is 7.11 Å². The topological polar surface area (TPSA) is 79.7 Å². The molecule has 1 aromatic heterocycles. The molecule has 228 valence electrons. The van der Waals surface area contributed by atoms with E-state index >= 15 is 0 Å². The van der Waals surface area contributed by atoms with Crippen molar-refractivity contribution in [3.63, 3.8) is 0 Å². The Morgan fingerprint density at radius 2 is 1.77 bits per heavy atom. The Morgan fingerprint density at radius 1 is 1.15 bits per heavy atom. The number of unbranched alkanes of at least 4 members (excludes halogenated alkanes) is 1. The summed E-state index contributed by atoms with van der Waals surface area (Å²) in [4.78, 5) is 17.3. The van der Waals surface area contributed by atoms with Crippen LogP contribution in [0.2, 0.25) is 0 Å². The third-order valence-corrected chi connectivity index (χ3v) is 7.97. The molecule has 0 aliphatic carbocycles. The summed E-state index contributed by atoms with van der Waals surface area (Å²) in [5.74, 6) is -0.0694. The van der Waals surface area contributed by atoms with Gasteiger partial charge in [0.2, 0.25) is 0 Å². The largest absolute Gasteiger partial charge is 0.392 e. The molecular weight excluding hydrogens is 506 g/mol. The first-order valence-electron chi connectivity index (χ1n) is 15.1. The van der Waals surface area contributed by atoms with Gasteiger partial charge in [-0.25, -0.2) is 4.98 Å². The Bertz CT molecular complexity index is 827. The molecule has 0 aliphatic heterocycles. The van der Waals surface area contributed by atoms with Gasteiger partial charge in [-0.3, -0.25) is 4.79 Å². The van der Waals surface area contributed by atoms with Gasteiger partial charge in [0.25, 0.3) is 0 Å². The maximum absolute atomic E-state index is 13.0. The SMILES string of the molecule is CC.CC.CCCCC(C)(C)C(=O)C(C)C(O)C(C)CCC/C(C)=C\CC(OC)/C(C)=C/c1csc(CO)n1. The molecule has 0 saturated carbocycles. The van der Waals surface area contributed by atoms with Crippen LogP contribution in [0.4, 0.5) is 0 Å². The molecule has 0 radical (unpaired) electrons. The number of hydrogen-bond acceptors (Lipinski definition) is 6. The molecule has 5 nitrogen and oxygen atoms in total. The van der Waals surface area contributed by atoms with E-state index in [9.17, 15) is 15.0 Å². The summed E-state index contributed by atoms with van der Waals surface area (Å²) < 4.78 is 5.69. The highest BCUT2D eigenvalue weighted by molar-refractivity contribution is 7.09. The van der Waals surface area contributed by atoms with Crippen LogP contribution in [-0.2, 0) is 16.1 Å². The number of methoxy groups -OCH3 is 1. The maximum atomic E-state index is 13.0. The average Bonchev–Trinajstić information content (AvgIpc) is 3.40. The Labute approximate surface area is 245 Å². The minimum absolute atomic E-state index is 0.0205. The van der Waals surface area contributed by atoms with E-state index in [2.05, 4.69) is 31.8 Å². The van der Waals surface area contributed by atoms with E-state index in [-0.39, 0.29) is 35.7 Å². The number of ether oxygens (including phenoxy) is 1. The minimum atomic E-state index is -0.601. The first-order valence-corrected chi connectivity index (χ1v) is 16.0. The van der Waals surface area contributed by atoms with Crippen molar-refractivity contribution in [2.75, 3.05) is 7.11 Å². The highest BCUT2D eigenvalue weighted by atomic mass is 32.1. The lowest BCUT2D eigenvalue weighted by Gasteiger charge is -2.31. The lowest BCUT2D eigenvalue weighted by molar-refractivity contribution is -0.135. The van der Waals surface area contributed by atoms with Crippen molar-refractivity contribution in [1.29, 1.82) is 0 Å². The van der Waals surface area contributed by atoms with E-state index in [1.165, 1.54) is 16.9 Å². The van der Waals surface area contributed by atoms with Crippen LogP contribution in [0.3, 0.4) is 0 Å². The van der Waals surface area contributed by atoms with Crippen LogP contribution < -0.4 is 0 Å². The number of allylic oxidation sites excluding steroid dienone is 1.